The van der Waals surface area contributed by atoms with Gasteiger partial charge in [0.2, 0.25) is 0 Å². The second-order valence-electron chi connectivity index (χ2n) is 3.15. The number of rotatable bonds is 4. The van der Waals surface area contributed by atoms with Crippen LogP contribution in [0.5, 0.6) is 17.2 Å². The highest BCUT2D eigenvalue weighted by molar-refractivity contribution is 14.1. The molecule has 18 heavy (non-hydrogen) atoms. The van der Waals surface area contributed by atoms with Crippen molar-refractivity contribution in [3.05, 3.63) is 12.7 Å². The van der Waals surface area contributed by atoms with Crippen molar-refractivity contribution in [2.45, 2.75) is 6.92 Å². The molecule has 0 atom stereocenters. The average molecular weight is 476 g/mol. The van der Waals surface area contributed by atoms with Crippen LogP contribution in [0.2, 0.25) is 0 Å². The van der Waals surface area contributed by atoms with Gasteiger partial charge in [-0.05, 0) is 45.2 Å². The molecule has 0 aliphatic heterocycles. The summed E-state index contributed by atoms with van der Waals surface area (Å²) in [7, 11) is 2.94. The Morgan fingerprint density at radius 1 is 1.06 bits per heavy atom. The fourth-order valence-corrected chi connectivity index (χ4v) is 3.78. The van der Waals surface area contributed by atoms with Crippen molar-refractivity contribution in [3.63, 3.8) is 0 Å². The molecule has 1 aromatic rings. The summed E-state index contributed by atoms with van der Waals surface area (Å²) in [6.07, 6.45) is 0.598. The maximum atomic E-state index is 11.2. The summed E-state index contributed by atoms with van der Waals surface area (Å²) in [5.74, 6) is 0.488. The lowest BCUT2D eigenvalue weighted by molar-refractivity contribution is -0.131. The molecule has 7 heteroatoms. The van der Waals surface area contributed by atoms with Crippen LogP contribution in [0.25, 0.3) is 0 Å². The molecule has 1 rings (SSSR count). The highest BCUT2D eigenvalue weighted by Gasteiger charge is 2.24. The Hall–Kier alpha value is -0.580. The first-order valence-corrected chi connectivity index (χ1v) is 6.90. The van der Waals surface area contributed by atoms with E-state index in [2.05, 4.69) is 0 Å². The molecule has 98 valence electrons. The topological polar surface area (TPSA) is 61.8 Å². The smallest absolute Gasteiger partial charge is 0.308 e. The summed E-state index contributed by atoms with van der Waals surface area (Å²) in [5.41, 5.74) is 0.197. The van der Waals surface area contributed by atoms with Crippen LogP contribution < -0.4 is 14.2 Å². The van der Waals surface area contributed by atoms with Gasteiger partial charge >= 0.3 is 5.97 Å². The Morgan fingerprint density at radius 3 is 1.94 bits per heavy atom. The third kappa shape index (κ3) is 2.87. The molecular formula is C11H10I2O5. The minimum atomic E-state index is -0.513. The van der Waals surface area contributed by atoms with Crippen LogP contribution in [-0.2, 0) is 4.79 Å². The van der Waals surface area contributed by atoms with Gasteiger partial charge in [-0.15, -0.1) is 0 Å². The van der Waals surface area contributed by atoms with E-state index in [0.29, 0.717) is 24.9 Å². The second kappa shape index (κ2) is 6.55. The fraction of sp³-hybridized carbons (Fsp3) is 0.273. The average Bonchev–Trinajstić information content (AvgIpc) is 2.32. The van der Waals surface area contributed by atoms with Gasteiger partial charge in [0.05, 0.1) is 21.4 Å². The number of carbonyl (C=O) groups excluding carboxylic acids is 2. The van der Waals surface area contributed by atoms with Crippen LogP contribution in [0.4, 0.5) is 0 Å². The first-order valence-electron chi connectivity index (χ1n) is 4.74. The van der Waals surface area contributed by atoms with E-state index in [1.165, 1.54) is 21.1 Å². The third-order valence-electron chi connectivity index (χ3n) is 2.06. The van der Waals surface area contributed by atoms with E-state index in [1.807, 2.05) is 45.2 Å². The zero-order valence-electron chi connectivity index (χ0n) is 9.87. The number of halogens is 2. The Labute approximate surface area is 131 Å². The summed E-state index contributed by atoms with van der Waals surface area (Å²) in [4.78, 5) is 22.3. The molecule has 0 saturated carbocycles. The zero-order valence-corrected chi connectivity index (χ0v) is 14.2. The Morgan fingerprint density at radius 2 is 1.56 bits per heavy atom. The summed E-state index contributed by atoms with van der Waals surface area (Å²) < 4.78 is 16.7. The molecule has 0 radical (unpaired) electrons. The van der Waals surface area contributed by atoms with Crippen LogP contribution in [0, 0.1) is 7.14 Å². The summed E-state index contributed by atoms with van der Waals surface area (Å²) >= 11 is 3.97. The highest BCUT2D eigenvalue weighted by Crippen LogP contribution is 2.44. The minimum Gasteiger partial charge on any atom is -0.495 e. The summed E-state index contributed by atoms with van der Waals surface area (Å²) in [5, 5.41) is 0. The maximum Gasteiger partial charge on any atom is 0.308 e. The lowest BCUT2D eigenvalue weighted by Crippen LogP contribution is -2.09. The highest BCUT2D eigenvalue weighted by atomic mass is 127. The molecule has 0 fully saturated rings. The molecule has 0 unspecified atom stereocenters. The SMILES string of the molecule is COc1c(I)c(OC)c(C=O)c(OC(C)=O)c1I. The van der Waals surface area contributed by atoms with Crippen LogP contribution >= 0.6 is 45.2 Å². The van der Waals surface area contributed by atoms with Crippen LogP contribution in [0.1, 0.15) is 17.3 Å². The first kappa shape index (κ1) is 15.5. The molecule has 0 aromatic heterocycles. The molecule has 0 bridgehead atoms. The monoisotopic (exact) mass is 476 g/mol. The molecule has 0 aliphatic carbocycles. The number of carbonyl (C=O) groups is 2. The molecule has 0 aliphatic rings. The number of benzene rings is 1. The number of esters is 1. The number of methoxy groups -OCH3 is 2. The standard InChI is InChI=1S/C11H10I2O5/c1-5(15)18-10-6(4-14)9(16-2)7(12)11(17-3)8(10)13/h4H,1-3H3. The largest absolute Gasteiger partial charge is 0.495 e. The van der Waals surface area contributed by atoms with Gasteiger partial charge in [-0.2, -0.15) is 0 Å². The van der Waals surface area contributed by atoms with E-state index >= 15 is 0 Å². The summed E-state index contributed by atoms with van der Waals surface area (Å²) in [6, 6.07) is 0. The van der Waals surface area contributed by atoms with E-state index in [1.54, 1.807) is 0 Å². The number of hydrogen-bond acceptors (Lipinski definition) is 5. The van der Waals surface area contributed by atoms with E-state index in [4.69, 9.17) is 14.2 Å². The van der Waals surface area contributed by atoms with Crippen molar-refractivity contribution in [1.82, 2.24) is 0 Å². The van der Waals surface area contributed by atoms with Crippen molar-refractivity contribution in [3.8, 4) is 17.2 Å². The van der Waals surface area contributed by atoms with Crippen molar-refractivity contribution in [1.29, 1.82) is 0 Å². The van der Waals surface area contributed by atoms with Gasteiger partial charge in [0.1, 0.15) is 11.3 Å². The predicted molar refractivity (Wildman–Crippen MR) is 81.7 cm³/mol. The molecule has 1 aromatic carbocycles. The quantitative estimate of drug-likeness (QED) is 0.290. The number of hydrogen-bond donors (Lipinski definition) is 0. The summed E-state index contributed by atoms with van der Waals surface area (Å²) in [6.45, 7) is 1.27. The Balaban J connectivity index is 3.65. The molecular weight excluding hydrogens is 466 g/mol. The van der Waals surface area contributed by atoms with Gasteiger partial charge < -0.3 is 14.2 Å². The van der Waals surface area contributed by atoms with Crippen LogP contribution in [0.15, 0.2) is 0 Å². The van der Waals surface area contributed by atoms with E-state index in [-0.39, 0.29) is 11.3 Å². The normalized spacial score (nSPS) is 9.83. The first-order chi connectivity index (χ1) is 8.47. The van der Waals surface area contributed by atoms with Crippen molar-refractivity contribution in [2.75, 3.05) is 14.2 Å². The van der Waals surface area contributed by atoms with Crippen molar-refractivity contribution < 1.29 is 23.8 Å². The molecule has 0 heterocycles. The van der Waals surface area contributed by atoms with Gasteiger partial charge in [-0.25, -0.2) is 0 Å². The van der Waals surface area contributed by atoms with Crippen molar-refractivity contribution >= 4 is 57.4 Å². The fourth-order valence-electron chi connectivity index (χ4n) is 1.37. The predicted octanol–water partition coefficient (Wildman–Crippen LogP) is 2.65. The zero-order chi connectivity index (χ0) is 13.9. The van der Waals surface area contributed by atoms with Gasteiger partial charge in [0, 0.05) is 6.92 Å². The Kier molecular flexibility index (Phi) is 5.63. The minimum absolute atomic E-state index is 0.159. The van der Waals surface area contributed by atoms with Gasteiger partial charge in [-0.1, -0.05) is 0 Å². The van der Waals surface area contributed by atoms with Crippen molar-refractivity contribution in [2.24, 2.45) is 0 Å². The van der Waals surface area contributed by atoms with Gasteiger partial charge in [0.15, 0.2) is 17.8 Å². The van der Waals surface area contributed by atoms with Gasteiger partial charge in [0.25, 0.3) is 0 Å². The second-order valence-corrected chi connectivity index (χ2v) is 5.31. The molecule has 0 saturated heterocycles. The lowest BCUT2D eigenvalue weighted by Gasteiger charge is -2.16. The van der Waals surface area contributed by atoms with E-state index in [0.717, 1.165) is 0 Å². The number of ether oxygens (including phenoxy) is 3. The number of aldehydes is 1. The van der Waals surface area contributed by atoms with Crippen LogP contribution in [0.3, 0.4) is 0 Å². The third-order valence-corrected chi connectivity index (χ3v) is 4.02. The maximum absolute atomic E-state index is 11.2. The molecule has 0 N–H and O–H groups in total. The Bertz CT molecular complexity index is 499. The van der Waals surface area contributed by atoms with E-state index in [9.17, 15) is 9.59 Å². The molecule has 0 amide bonds. The lowest BCUT2D eigenvalue weighted by atomic mass is 10.2. The van der Waals surface area contributed by atoms with Gasteiger partial charge in [-0.3, -0.25) is 9.59 Å². The molecule has 5 nitrogen and oxygen atoms in total. The van der Waals surface area contributed by atoms with E-state index < -0.39 is 5.97 Å². The van der Waals surface area contributed by atoms with Crippen LogP contribution in [-0.4, -0.2) is 26.5 Å². The molecule has 0 spiro atoms.